The summed E-state index contributed by atoms with van der Waals surface area (Å²) in [6.07, 6.45) is 1.06. The van der Waals surface area contributed by atoms with Crippen LogP contribution < -0.4 is 0 Å². The number of aliphatic carboxylic acids is 1. The molecule has 1 heterocycles. The first-order valence-electron chi connectivity index (χ1n) is 9.61. The zero-order valence-corrected chi connectivity index (χ0v) is 16.1. The van der Waals surface area contributed by atoms with Gasteiger partial charge in [0.25, 0.3) is 0 Å². The Hall–Kier alpha value is -3.01. The van der Waals surface area contributed by atoms with Gasteiger partial charge in [-0.25, -0.2) is 0 Å². The number of carbonyl (C=O) groups is 2. The van der Waals surface area contributed by atoms with Gasteiger partial charge in [0, 0.05) is 29.3 Å². The number of aryl methyl sites for hydroxylation is 1. The molecule has 0 aromatic heterocycles. The van der Waals surface area contributed by atoms with Crippen LogP contribution in [0, 0.1) is 12.8 Å². The second kappa shape index (κ2) is 7.19. The van der Waals surface area contributed by atoms with Gasteiger partial charge in [-0.2, -0.15) is 0 Å². The summed E-state index contributed by atoms with van der Waals surface area (Å²) in [6.45, 7) is 3.76. The molecule has 0 bridgehead atoms. The van der Waals surface area contributed by atoms with E-state index in [0.717, 1.165) is 22.4 Å². The van der Waals surface area contributed by atoms with Crippen LogP contribution in [0.25, 0.3) is 0 Å². The molecule has 2 aliphatic rings. The van der Waals surface area contributed by atoms with Gasteiger partial charge in [0.15, 0.2) is 5.78 Å². The van der Waals surface area contributed by atoms with Crippen LogP contribution in [0.4, 0.5) is 0 Å². The molecular weight excluding hydrogens is 350 g/mol. The third-order valence-corrected chi connectivity index (χ3v) is 5.86. The van der Waals surface area contributed by atoms with E-state index in [1.165, 1.54) is 0 Å². The lowest BCUT2D eigenvalue weighted by Gasteiger charge is -2.36. The van der Waals surface area contributed by atoms with E-state index in [1.54, 1.807) is 6.92 Å². The SMILES string of the molecule is CC1=NC2=C(C(=O)CC(c3ccccc3)C2)C(c2ccc(C)cc2)C1C(=O)O. The van der Waals surface area contributed by atoms with E-state index in [1.807, 2.05) is 61.5 Å². The molecule has 4 nitrogen and oxygen atoms in total. The average Bonchev–Trinajstić information content (AvgIpc) is 2.67. The van der Waals surface area contributed by atoms with E-state index >= 15 is 0 Å². The molecule has 4 rings (SSSR count). The number of carbonyl (C=O) groups excluding carboxylic acids is 1. The minimum absolute atomic E-state index is 0.0168. The molecule has 1 aliphatic heterocycles. The van der Waals surface area contributed by atoms with Crippen LogP contribution in [0.3, 0.4) is 0 Å². The van der Waals surface area contributed by atoms with Crippen LogP contribution in [0.2, 0.25) is 0 Å². The molecule has 142 valence electrons. The minimum Gasteiger partial charge on any atom is -0.481 e. The van der Waals surface area contributed by atoms with Crippen molar-refractivity contribution in [3.8, 4) is 0 Å². The molecule has 2 aromatic rings. The molecule has 3 atom stereocenters. The van der Waals surface area contributed by atoms with Gasteiger partial charge in [0.05, 0.1) is 0 Å². The number of Topliss-reactive ketones (excluding diaryl/α,β-unsaturated/α-hetero) is 1. The maximum atomic E-state index is 13.2. The summed E-state index contributed by atoms with van der Waals surface area (Å²) in [4.78, 5) is 29.9. The Labute approximate surface area is 164 Å². The summed E-state index contributed by atoms with van der Waals surface area (Å²) < 4.78 is 0. The Bertz CT molecular complexity index is 986. The van der Waals surface area contributed by atoms with Gasteiger partial charge < -0.3 is 5.11 Å². The Kier molecular flexibility index (Phi) is 4.71. The molecule has 2 aromatic carbocycles. The first-order valence-corrected chi connectivity index (χ1v) is 9.61. The lowest BCUT2D eigenvalue weighted by Crippen LogP contribution is -2.37. The van der Waals surface area contributed by atoms with Crippen LogP contribution in [0.5, 0.6) is 0 Å². The van der Waals surface area contributed by atoms with Crippen molar-refractivity contribution in [2.75, 3.05) is 0 Å². The van der Waals surface area contributed by atoms with E-state index < -0.39 is 17.8 Å². The standard InChI is InChI=1S/C24H23NO3/c1-14-8-10-17(11-9-14)22-21(24(27)28)15(2)25-19-12-18(13-20(26)23(19)22)16-6-4-3-5-7-16/h3-11,18,21-22H,12-13H2,1-2H3,(H,27,28). The first kappa shape index (κ1) is 18.4. The summed E-state index contributed by atoms with van der Waals surface area (Å²) in [5.74, 6) is -2.11. The van der Waals surface area contributed by atoms with Gasteiger partial charge in [0.1, 0.15) is 5.92 Å². The summed E-state index contributed by atoms with van der Waals surface area (Å²) in [7, 11) is 0. The molecule has 0 amide bonds. The van der Waals surface area contributed by atoms with Gasteiger partial charge in [-0.3, -0.25) is 14.6 Å². The van der Waals surface area contributed by atoms with Crippen molar-refractivity contribution in [1.29, 1.82) is 0 Å². The van der Waals surface area contributed by atoms with Crippen molar-refractivity contribution in [3.63, 3.8) is 0 Å². The van der Waals surface area contributed by atoms with Crippen LogP contribution in [0.1, 0.15) is 48.3 Å². The fourth-order valence-corrected chi connectivity index (χ4v) is 4.47. The van der Waals surface area contributed by atoms with Crippen LogP contribution >= 0.6 is 0 Å². The molecule has 0 fully saturated rings. The van der Waals surface area contributed by atoms with Crippen molar-refractivity contribution in [3.05, 3.63) is 82.6 Å². The van der Waals surface area contributed by atoms with Crippen LogP contribution in [0.15, 0.2) is 70.9 Å². The second-order valence-electron chi connectivity index (χ2n) is 7.76. The van der Waals surface area contributed by atoms with E-state index in [2.05, 4.69) is 4.99 Å². The molecule has 28 heavy (non-hydrogen) atoms. The Morgan fingerprint density at radius 2 is 1.64 bits per heavy atom. The fraction of sp³-hybridized carbons (Fsp3) is 0.292. The number of rotatable bonds is 3. The number of aliphatic imine (C=N–C) groups is 1. The molecule has 0 radical (unpaired) electrons. The monoisotopic (exact) mass is 373 g/mol. The quantitative estimate of drug-likeness (QED) is 0.851. The molecule has 0 saturated heterocycles. The summed E-state index contributed by atoms with van der Waals surface area (Å²) in [5, 5.41) is 9.89. The van der Waals surface area contributed by atoms with Gasteiger partial charge >= 0.3 is 5.97 Å². The van der Waals surface area contributed by atoms with Crippen LogP contribution in [-0.4, -0.2) is 22.6 Å². The number of ketones is 1. The number of carboxylic acids is 1. The maximum absolute atomic E-state index is 13.2. The van der Waals surface area contributed by atoms with Crippen molar-refractivity contribution < 1.29 is 14.7 Å². The summed E-state index contributed by atoms with van der Waals surface area (Å²) in [6, 6.07) is 17.8. The number of hydrogen-bond donors (Lipinski definition) is 1. The second-order valence-corrected chi connectivity index (χ2v) is 7.76. The summed E-state index contributed by atoms with van der Waals surface area (Å²) in [5.41, 5.74) is 5.01. The zero-order valence-electron chi connectivity index (χ0n) is 16.1. The molecular formula is C24H23NO3. The highest BCUT2D eigenvalue weighted by molar-refractivity contribution is 6.08. The molecule has 1 N–H and O–H groups in total. The van der Waals surface area contributed by atoms with Crippen molar-refractivity contribution in [2.45, 2.75) is 38.5 Å². The highest BCUT2D eigenvalue weighted by Gasteiger charge is 2.44. The normalized spacial score (nSPS) is 24.6. The first-order chi connectivity index (χ1) is 13.5. The number of carboxylic acid groups (broad SMARTS) is 1. The molecule has 4 heteroatoms. The van der Waals surface area contributed by atoms with Crippen molar-refractivity contribution in [1.82, 2.24) is 0 Å². The van der Waals surface area contributed by atoms with Crippen molar-refractivity contribution in [2.24, 2.45) is 10.9 Å². The number of hydrogen-bond acceptors (Lipinski definition) is 3. The molecule has 1 aliphatic carbocycles. The van der Waals surface area contributed by atoms with Gasteiger partial charge in [0.2, 0.25) is 0 Å². The highest BCUT2D eigenvalue weighted by Crippen LogP contribution is 2.46. The predicted molar refractivity (Wildman–Crippen MR) is 109 cm³/mol. The lowest BCUT2D eigenvalue weighted by molar-refractivity contribution is -0.139. The average molecular weight is 373 g/mol. The fourth-order valence-electron chi connectivity index (χ4n) is 4.47. The molecule has 0 spiro atoms. The molecule has 0 saturated carbocycles. The smallest absolute Gasteiger partial charge is 0.313 e. The van der Waals surface area contributed by atoms with Crippen molar-refractivity contribution >= 4 is 17.5 Å². The topological polar surface area (TPSA) is 66.7 Å². The largest absolute Gasteiger partial charge is 0.481 e. The number of nitrogens with zero attached hydrogens (tertiary/aromatic N) is 1. The summed E-state index contributed by atoms with van der Waals surface area (Å²) >= 11 is 0. The van der Waals surface area contributed by atoms with E-state index in [0.29, 0.717) is 24.1 Å². The Balaban J connectivity index is 1.81. The van der Waals surface area contributed by atoms with E-state index in [4.69, 9.17) is 0 Å². The van der Waals surface area contributed by atoms with Gasteiger partial charge in [-0.15, -0.1) is 0 Å². The Morgan fingerprint density at radius 1 is 0.964 bits per heavy atom. The van der Waals surface area contributed by atoms with E-state index in [9.17, 15) is 14.7 Å². The Morgan fingerprint density at radius 3 is 2.29 bits per heavy atom. The van der Waals surface area contributed by atoms with Gasteiger partial charge in [-0.05, 0) is 37.3 Å². The zero-order chi connectivity index (χ0) is 19.8. The maximum Gasteiger partial charge on any atom is 0.313 e. The van der Waals surface area contributed by atoms with E-state index in [-0.39, 0.29) is 11.7 Å². The van der Waals surface area contributed by atoms with Gasteiger partial charge in [-0.1, -0.05) is 60.2 Å². The molecule has 3 unspecified atom stereocenters. The third kappa shape index (κ3) is 3.19. The number of allylic oxidation sites excluding steroid dienone is 2. The predicted octanol–water partition coefficient (Wildman–Crippen LogP) is 4.65. The highest BCUT2D eigenvalue weighted by atomic mass is 16.4. The minimum atomic E-state index is -0.934. The third-order valence-electron chi connectivity index (χ3n) is 5.86. The lowest BCUT2D eigenvalue weighted by atomic mass is 9.69. The van der Waals surface area contributed by atoms with Crippen LogP contribution in [-0.2, 0) is 9.59 Å². The number of benzene rings is 2.